The third kappa shape index (κ3) is 3.48. The molecular weight excluding hydrogens is 390 g/mol. The van der Waals surface area contributed by atoms with E-state index >= 15 is 0 Å². The van der Waals surface area contributed by atoms with Crippen molar-refractivity contribution in [1.29, 1.82) is 0 Å². The van der Waals surface area contributed by atoms with Gasteiger partial charge in [0.2, 0.25) is 0 Å². The van der Waals surface area contributed by atoms with Crippen LogP contribution in [0.25, 0.3) is 0 Å². The number of aromatic nitrogens is 2. The van der Waals surface area contributed by atoms with Crippen LogP contribution in [0, 0.1) is 6.92 Å². The summed E-state index contributed by atoms with van der Waals surface area (Å²) in [5.41, 5.74) is 2.36. The summed E-state index contributed by atoms with van der Waals surface area (Å²) in [5, 5.41) is 7.90. The molecule has 1 atom stereocenters. The molecule has 2 aromatic rings. The molecule has 2 heterocycles. The highest BCUT2D eigenvalue weighted by Crippen LogP contribution is 2.36. The molecule has 0 aromatic carbocycles. The fourth-order valence-corrected chi connectivity index (χ4v) is 4.33. The molecule has 0 aliphatic heterocycles. The highest BCUT2D eigenvalue weighted by atomic mass is 79.9. The number of aryl methyl sites for hydroxylation is 2. The molecule has 2 aromatic heterocycles. The van der Waals surface area contributed by atoms with Crippen molar-refractivity contribution in [2.75, 3.05) is 7.05 Å². The smallest absolute Gasteiger partial charge is 0.0843 e. The van der Waals surface area contributed by atoms with Gasteiger partial charge in [-0.25, -0.2) is 0 Å². The third-order valence-electron chi connectivity index (χ3n) is 3.05. The lowest BCUT2D eigenvalue weighted by Gasteiger charge is -2.15. The summed E-state index contributed by atoms with van der Waals surface area (Å²) in [4.78, 5) is 1.32. The van der Waals surface area contributed by atoms with Crippen molar-refractivity contribution in [2.45, 2.75) is 32.9 Å². The molecule has 6 heteroatoms. The zero-order chi connectivity index (χ0) is 14.0. The highest BCUT2D eigenvalue weighted by Gasteiger charge is 2.17. The van der Waals surface area contributed by atoms with Crippen LogP contribution >= 0.6 is 43.2 Å². The molecule has 104 valence electrons. The quantitative estimate of drug-likeness (QED) is 0.801. The molecule has 1 N–H and O–H groups in total. The summed E-state index contributed by atoms with van der Waals surface area (Å²) in [7, 11) is 2.01. The molecule has 19 heavy (non-hydrogen) atoms. The van der Waals surface area contributed by atoms with E-state index in [0.717, 1.165) is 26.9 Å². The molecule has 1 unspecified atom stereocenters. The van der Waals surface area contributed by atoms with Gasteiger partial charge in [0.1, 0.15) is 0 Å². The van der Waals surface area contributed by atoms with Crippen molar-refractivity contribution in [3.63, 3.8) is 0 Å². The highest BCUT2D eigenvalue weighted by molar-refractivity contribution is 9.13. The molecule has 0 saturated carbocycles. The van der Waals surface area contributed by atoms with Gasteiger partial charge in [0.25, 0.3) is 0 Å². The van der Waals surface area contributed by atoms with E-state index in [4.69, 9.17) is 0 Å². The van der Waals surface area contributed by atoms with Crippen LogP contribution in [0.2, 0.25) is 0 Å². The second kappa shape index (κ2) is 6.52. The van der Waals surface area contributed by atoms with E-state index in [9.17, 15) is 0 Å². The normalized spacial score (nSPS) is 12.9. The monoisotopic (exact) mass is 405 g/mol. The minimum Gasteiger partial charge on any atom is -0.312 e. The zero-order valence-electron chi connectivity index (χ0n) is 11.2. The van der Waals surface area contributed by atoms with Crippen LogP contribution in [0.3, 0.4) is 0 Å². The predicted molar refractivity (Wildman–Crippen MR) is 87.9 cm³/mol. The van der Waals surface area contributed by atoms with E-state index in [-0.39, 0.29) is 0 Å². The van der Waals surface area contributed by atoms with Gasteiger partial charge in [0.05, 0.1) is 9.48 Å². The zero-order valence-corrected chi connectivity index (χ0v) is 15.2. The first-order valence-corrected chi connectivity index (χ1v) is 8.60. The van der Waals surface area contributed by atoms with E-state index < -0.39 is 0 Å². The summed E-state index contributed by atoms with van der Waals surface area (Å²) in [5.74, 6) is 0. The van der Waals surface area contributed by atoms with Crippen molar-refractivity contribution >= 4 is 43.2 Å². The minimum atomic E-state index is 0.314. The summed E-state index contributed by atoms with van der Waals surface area (Å²) in [6.07, 6.45) is 0.949. The average molecular weight is 407 g/mol. The number of hydrogen-bond acceptors (Lipinski definition) is 3. The Hall–Kier alpha value is -0.170. The Morgan fingerprint density at radius 2 is 2.16 bits per heavy atom. The van der Waals surface area contributed by atoms with Crippen LogP contribution < -0.4 is 5.32 Å². The molecule has 2 rings (SSSR count). The van der Waals surface area contributed by atoms with Crippen molar-refractivity contribution in [1.82, 2.24) is 15.1 Å². The predicted octanol–water partition coefficient (Wildman–Crippen LogP) is 4.30. The number of halogens is 2. The number of likely N-dealkylation sites (N-methyl/N-ethyl adjacent to an activating group) is 1. The minimum absolute atomic E-state index is 0.314. The fourth-order valence-electron chi connectivity index (χ4n) is 2.13. The van der Waals surface area contributed by atoms with E-state index in [1.807, 2.05) is 14.0 Å². The topological polar surface area (TPSA) is 29.9 Å². The lowest BCUT2D eigenvalue weighted by Crippen LogP contribution is -2.19. The van der Waals surface area contributed by atoms with Crippen LogP contribution in [0.1, 0.15) is 29.2 Å². The van der Waals surface area contributed by atoms with Gasteiger partial charge in [-0.1, -0.05) is 0 Å². The molecule has 0 bridgehead atoms. The molecule has 0 aliphatic rings. The SMILES string of the molecule is CCn1nc(C)cc1CC(NC)c1cc(Br)c(Br)s1. The first kappa shape index (κ1) is 15.2. The Morgan fingerprint density at radius 3 is 2.68 bits per heavy atom. The molecule has 0 aliphatic carbocycles. The van der Waals surface area contributed by atoms with Crippen LogP contribution in [-0.2, 0) is 13.0 Å². The summed E-state index contributed by atoms with van der Waals surface area (Å²) < 4.78 is 4.34. The summed E-state index contributed by atoms with van der Waals surface area (Å²) in [6, 6.07) is 4.66. The van der Waals surface area contributed by atoms with Crippen LogP contribution in [0.15, 0.2) is 20.4 Å². The Labute approximate surface area is 134 Å². The molecule has 0 saturated heterocycles. The van der Waals surface area contributed by atoms with Crippen molar-refractivity contribution in [3.8, 4) is 0 Å². The second-order valence-electron chi connectivity index (χ2n) is 4.41. The Morgan fingerprint density at radius 1 is 1.42 bits per heavy atom. The van der Waals surface area contributed by atoms with Crippen LogP contribution in [0.4, 0.5) is 0 Å². The summed E-state index contributed by atoms with van der Waals surface area (Å²) >= 11 is 8.87. The molecule has 0 spiro atoms. The van der Waals surface area contributed by atoms with Crippen LogP contribution in [-0.4, -0.2) is 16.8 Å². The maximum absolute atomic E-state index is 4.51. The van der Waals surface area contributed by atoms with E-state index in [0.29, 0.717) is 6.04 Å². The molecule has 0 radical (unpaired) electrons. The van der Waals surface area contributed by atoms with Gasteiger partial charge in [0.15, 0.2) is 0 Å². The second-order valence-corrected chi connectivity index (χ2v) is 7.66. The lowest BCUT2D eigenvalue weighted by molar-refractivity contribution is 0.546. The first-order valence-electron chi connectivity index (χ1n) is 6.20. The number of hydrogen-bond donors (Lipinski definition) is 1. The van der Waals surface area contributed by atoms with Gasteiger partial charge in [0, 0.05) is 34.1 Å². The average Bonchev–Trinajstić information content (AvgIpc) is 2.90. The van der Waals surface area contributed by atoms with E-state index in [2.05, 4.69) is 66.0 Å². The van der Waals surface area contributed by atoms with E-state index in [1.165, 1.54) is 10.6 Å². The standard InChI is InChI=1S/C13H17Br2N3S/c1-4-18-9(5-8(2)17-18)6-11(16-3)12-7-10(14)13(15)19-12/h5,7,11,16H,4,6H2,1-3H3. The summed E-state index contributed by atoms with van der Waals surface area (Å²) in [6.45, 7) is 5.09. The van der Waals surface area contributed by atoms with Gasteiger partial charge >= 0.3 is 0 Å². The Balaban J connectivity index is 2.23. The van der Waals surface area contributed by atoms with Gasteiger partial charge in [-0.2, -0.15) is 5.10 Å². The lowest BCUT2D eigenvalue weighted by atomic mass is 10.1. The molecule has 0 amide bonds. The Bertz CT molecular complexity index is 543. The van der Waals surface area contributed by atoms with Crippen molar-refractivity contribution in [3.05, 3.63) is 36.7 Å². The first-order chi connectivity index (χ1) is 9.05. The number of nitrogens with one attached hydrogen (secondary N) is 1. The maximum Gasteiger partial charge on any atom is 0.0843 e. The third-order valence-corrected chi connectivity index (χ3v) is 6.42. The fraction of sp³-hybridized carbons (Fsp3) is 0.462. The number of thiophene rings is 1. The Kier molecular flexibility index (Phi) is 5.22. The number of rotatable bonds is 5. The largest absolute Gasteiger partial charge is 0.312 e. The van der Waals surface area contributed by atoms with E-state index in [1.54, 1.807) is 11.3 Å². The van der Waals surface area contributed by atoms with Gasteiger partial charge in [-0.05, 0) is 64.9 Å². The van der Waals surface area contributed by atoms with Crippen LogP contribution in [0.5, 0.6) is 0 Å². The van der Waals surface area contributed by atoms with Gasteiger partial charge in [-0.15, -0.1) is 11.3 Å². The van der Waals surface area contributed by atoms with Gasteiger partial charge in [-0.3, -0.25) is 4.68 Å². The maximum atomic E-state index is 4.51. The van der Waals surface area contributed by atoms with Gasteiger partial charge < -0.3 is 5.32 Å². The van der Waals surface area contributed by atoms with Crippen molar-refractivity contribution < 1.29 is 0 Å². The molecule has 0 fully saturated rings. The number of nitrogens with zero attached hydrogens (tertiary/aromatic N) is 2. The molecule has 3 nitrogen and oxygen atoms in total. The molecular formula is C13H17Br2N3S. The van der Waals surface area contributed by atoms with Crippen molar-refractivity contribution in [2.24, 2.45) is 0 Å².